The summed E-state index contributed by atoms with van der Waals surface area (Å²) in [5.41, 5.74) is 0. The number of rotatable bonds is 6. The van der Waals surface area contributed by atoms with Crippen LogP contribution in [0, 0.1) is 0 Å². The number of hydrogen-bond acceptors (Lipinski definition) is 3. The summed E-state index contributed by atoms with van der Waals surface area (Å²) in [6.45, 7) is 2.50. The highest BCUT2D eigenvalue weighted by atomic mass is 32.2. The third-order valence-corrected chi connectivity index (χ3v) is 4.88. The van der Waals surface area contributed by atoms with Crippen molar-refractivity contribution in [1.29, 1.82) is 0 Å². The summed E-state index contributed by atoms with van der Waals surface area (Å²) in [4.78, 5) is 2.57. The van der Waals surface area contributed by atoms with Gasteiger partial charge in [0.15, 0.2) is 0 Å². The number of benzene rings is 1. The summed E-state index contributed by atoms with van der Waals surface area (Å²) in [5, 5.41) is 0. The first-order valence-corrected chi connectivity index (χ1v) is 7.75. The van der Waals surface area contributed by atoms with Gasteiger partial charge in [-0.25, -0.2) is 13.1 Å². The number of nitrogens with one attached hydrogen (secondary N) is 1. The molecule has 0 heterocycles. The third-order valence-electron chi connectivity index (χ3n) is 3.44. The molecule has 1 aromatic rings. The molecule has 1 unspecified atom stereocenters. The Balaban J connectivity index is 1.93. The fraction of sp³-hybridized carbons (Fsp3) is 0.538. The van der Waals surface area contributed by atoms with E-state index in [2.05, 4.69) is 16.7 Å². The average molecular weight is 268 g/mol. The first-order valence-electron chi connectivity index (χ1n) is 6.27. The van der Waals surface area contributed by atoms with Crippen LogP contribution in [0.2, 0.25) is 0 Å². The number of nitrogens with zero attached hydrogens (tertiary/aromatic N) is 1. The summed E-state index contributed by atoms with van der Waals surface area (Å²) in [6, 6.07) is 9.34. The Labute approximate surface area is 109 Å². The predicted octanol–water partition coefficient (Wildman–Crippen LogP) is 1.45. The summed E-state index contributed by atoms with van der Waals surface area (Å²) in [5.74, 6) is 0. The van der Waals surface area contributed by atoms with Crippen molar-refractivity contribution in [3.63, 3.8) is 0 Å². The molecule has 0 saturated heterocycles. The molecule has 0 spiro atoms. The Bertz CT molecular complexity index is 483. The summed E-state index contributed by atoms with van der Waals surface area (Å²) < 4.78 is 26.7. The van der Waals surface area contributed by atoms with E-state index in [1.807, 2.05) is 13.0 Å². The van der Waals surface area contributed by atoms with E-state index < -0.39 is 10.0 Å². The maximum absolute atomic E-state index is 12.0. The summed E-state index contributed by atoms with van der Waals surface area (Å²) >= 11 is 0. The Morgan fingerprint density at radius 3 is 2.50 bits per heavy atom. The van der Waals surface area contributed by atoms with Crippen molar-refractivity contribution in [1.82, 2.24) is 9.62 Å². The SMILES string of the molecule is CC(CNS(=O)(=O)c1ccccc1)N(C)C1CC1. The van der Waals surface area contributed by atoms with Crippen molar-refractivity contribution in [3.05, 3.63) is 30.3 Å². The van der Waals surface area contributed by atoms with Gasteiger partial charge in [0.05, 0.1) is 4.90 Å². The highest BCUT2D eigenvalue weighted by Gasteiger charge is 2.29. The monoisotopic (exact) mass is 268 g/mol. The van der Waals surface area contributed by atoms with Gasteiger partial charge in [-0.1, -0.05) is 18.2 Å². The van der Waals surface area contributed by atoms with E-state index in [1.54, 1.807) is 24.3 Å². The van der Waals surface area contributed by atoms with Crippen molar-refractivity contribution in [2.24, 2.45) is 0 Å². The van der Waals surface area contributed by atoms with E-state index in [9.17, 15) is 8.42 Å². The smallest absolute Gasteiger partial charge is 0.240 e. The molecular formula is C13H20N2O2S. The number of hydrogen-bond donors (Lipinski definition) is 1. The molecule has 100 valence electrons. The van der Waals surface area contributed by atoms with Crippen molar-refractivity contribution in [2.75, 3.05) is 13.6 Å². The van der Waals surface area contributed by atoms with E-state index in [0.29, 0.717) is 17.5 Å². The van der Waals surface area contributed by atoms with Crippen LogP contribution >= 0.6 is 0 Å². The highest BCUT2D eigenvalue weighted by Crippen LogP contribution is 2.26. The normalized spacial score (nSPS) is 17.9. The average Bonchev–Trinajstić information content (AvgIpc) is 3.20. The Kier molecular flexibility index (Phi) is 4.04. The van der Waals surface area contributed by atoms with Crippen LogP contribution in [-0.4, -0.2) is 39.0 Å². The van der Waals surface area contributed by atoms with Gasteiger partial charge in [0, 0.05) is 18.6 Å². The van der Waals surface area contributed by atoms with Crippen LogP contribution in [0.4, 0.5) is 0 Å². The van der Waals surface area contributed by atoms with Gasteiger partial charge in [0.2, 0.25) is 10.0 Å². The first kappa shape index (κ1) is 13.5. The van der Waals surface area contributed by atoms with Crippen LogP contribution < -0.4 is 4.72 Å². The molecule has 0 aromatic heterocycles. The molecule has 0 aliphatic heterocycles. The number of sulfonamides is 1. The molecule has 0 amide bonds. The molecule has 1 aliphatic rings. The van der Waals surface area contributed by atoms with Crippen LogP contribution in [-0.2, 0) is 10.0 Å². The predicted molar refractivity (Wildman–Crippen MR) is 71.9 cm³/mol. The highest BCUT2D eigenvalue weighted by molar-refractivity contribution is 7.89. The van der Waals surface area contributed by atoms with Crippen LogP contribution in [0.15, 0.2) is 35.2 Å². The maximum Gasteiger partial charge on any atom is 0.240 e. The standard InChI is InChI=1S/C13H20N2O2S/c1-11(15(2)12-8-9-12)10-14-18(16,17)13-6-4-3-5-7-13/h3-7,11-12,14H,8-10H2,1-2H3. The lowest BCUT2D eigenvalue weighted by molar-refractivity contribution is 0.248. The van der Waals surface area contributed by atoms with Gasteiger partial charge in [0.25, 0.3) is 0 Å². The lowest BCUT2D eigenvalue weighted by Gasteiger charge is -2.24. The molecule has 5 heteroatoms. The molecule has 1 aliphatic carbocycles. The molecule has 4 nitrogen and oxygen atoms in total. The van der Waals surface area contributed by atoms with Crippen LogP contribution in [0.25, 0.3) is 0 Å². The summed E-state index contributed by atoms with van der Waals surface area (Å²) in [7, 11) is -1.32. The number of likely N-dealkylation sites (N-methyl/N-ethyl adjacent to an activating group) is 1. The van der Waals surface area contributed by atoms with E-state index in [1.165, 1.54) is 12.8 Å². The molecule has 18 heavy (non-hydrogen) atoms. The fourth-order valence-corrected chi connectivity index (χ4v) is 3.04. The summed E-state index contributed by atoms with van der Waals surface area (Å²) in [6.07, 6.45) is 2.46. The molecule has 1 fully saturated rings. The van der Waals surface area contributed by atoms with E-state index >= 15 is 0 Å². The molecule has 0 radical (unpaired) electrons. The van der Waals surface area contributed by atoms with Crippen molar-refractivity contribution in [2.45, 2.75) is 36.7 Å². The molecule has 1 atom stereocenters. The van der Waals surface area contributed by atoms with Gasteiger partial charge in [-0.3, -0.25) is 4.90 Å². The van der Waals surface area contributed by atoms with Gasteiger partial charge in [-0.2, -0.15) is 0 Å². The second kappa shape index (κ2) is 5.38. The Morgan fingerprint density at radius 2 is 1.94 bits per heavy atom. The Hall–Kier alpha value is -0.910. The van der Waals surface area contributed by atoms with Gasteiger partial charge in [0.1, 0.15) is 0 Å². The van der Waals surface area contributed by atoms with Gasteiger partial charge < -0.3 is 0 Å². The molecule has 1 saturated carbocycles. The molecule has 1 aromatic carbocycles. The van der Waals surface area contributed by atoms with E-state index in [-0.39, 0.29) is 6.04 Å². The first-order chi connectivity index (χ1) is 8.50. The van der Waals surface area contributed by atoms with Gasteiger partial charge >= 0.3 is 0 Å². The Morgan fingerprint density at radius 1 is 1.33 bits per heavy atom. The zero-order chi connectivity index (χ0) is 13.2. The molecule has 0 bridgehead atoms. The van der Waals surface area contributed by atoms with Crippen molar-refractivity contribution >= 4 is 10.0 Å². The van der Waals surface area contributed by atoms with Crippen LogP contribution in [0.5, 0.6) is 0 Å². The molecule has 1 N–H and O–H groups in total. The van der Waals surface area contributed by atoms with E-state index in [4.69, 9.17) is 0 Å². The zero-order valence-corrected chi connectivity index (χ0v) is 11.7. The van der Waals surface area contributed by atoms with E-state index in [0.717, 1.165) is 0 Å². The van der Waals surface area contributed by atoms with Gasteiger partial charge in [-0.15, -0.1) is 0 Å². The molecule has 2 rings (SSSR count). The maximum atomic E-state index is 12.0. The van der Waals surface area contributed by atoms with Gasteiger partial charge in [-0.05, 0) is 38.9 Å². The second-order valence-electron chi connectivity index (χ2n) is 4.91. The largest absolute Gasteiger partial charge is 0.299 e. The quantitative estimate of drug-likeness (QED) is 0.849. The second-order valence-corrected chi connectivity index (χ2v) is 6.68. The van der Waals surface area contributed by atoms with Crippen molar-refractivity contribution in [3.8, 4) is 0 Å². The van der Waals surface area contributed by atoms with Crippen LogP contribution in [0.3, 0.4) is 0 Å². The fourth-order valence-electron chi connectivity index (χ4n) is 1.90. The lowest BCUT2D eigenvalue weighted by Crippen LogP contribution is -2.41. The zero-order valence-electron chi connectivity index (χ0n) is 10.8. The minimum absolute atomic E-state index is 0.219. The lowest BCUT2D eigenvalue weighted by atomic mass is 10.3. The topological polar surface area (TPSA) is 49.4 Å². The minimum Gasteiger partial charge on any atom is -0.299 e. The third kappa shape index (κ3) is 3.31. The van der Waals surface area contributed by atoms with Crippen molar-refractivity contribution < 1.29 is 8.42 Å². The van der Waals surface area contributed by atoms with Crippen LogP contribution in [0.1, 0.15) is 19.8 Å². The minimum atomic E-state index is -3.37. The molecular weight excluding hydrogens is 248 g/mol.